The molecule has 2 saturated heterocycles. The summed E-state index contributed by atoms with van der Waals surface area (Å²) in [6.07, 6.45) is 3.54. The average molecular weight is 385 g/mol. The summed E-state index contributed by atoms with van der Waals surface area (Å²) in [6.45, 7) is 3.00. The maximum absolute atomic E-state index is 13.7. The predicted molar refractivity (Wildman–Crippen MR) is 103 cm³/mol. The van der Waals surface area contributed by atoms with E-state index in [1.807, 2.05) is 11.0 Å². The van der Waals surface area contributed by atoms with E-state index in [9.17, 15) is 9.18 Å². The highest BCUT2D eigenvalue weighted by Gasteiger charge is 2.40. The number of ether oxygens (including phenoxy) is 2. The summed E-state index contributed by atoms with van der Waals surface area (Å²) in [5, 5.41) is 3.17. The van der Waals surface area contributed by atoms with E-state index in [0.29, 0.717) is 69.1 Å². The van der Waals surface area contributed by atoms with E-state index in [0.717, 1.165) is 0 Å². The van der Waals surface area contributed by atoms with Crippen molar-refractivity contribution >= 4 is 11.7 Å². The summed E-state index contributed by atoms with van der Waals surface area (Å²) in [7, 11) is 0. The van der Waals surface area contributed by atoms with Crippen LogP contribution in [0.2, 0.25) is 0 Å². The SMILES string of the molecule is O=C(c1ccnc(NCCc2ccccc2F)c1)N1CCC2(CC1)OCCO2. The smallest absolute Gasteiger partial charge is 0.254 e. The van der Waals surface area contributed by atoms with Gasteiger partial charge in [-0.1, -0.05) is 18.2 Å². The van der Waals surface area contributed by atoms with Gasteiger partial charge in [-0.05, 0) is 30.2 Å². The Morgan fingerprint density at radius 3 is 2.68 bits per heavy atom. The van der Waals surface area contributed by atoms with E-state index in [4.69, 9.17) is 9.47 Å². The number of anilines is 1. The number of hydrogen-bond acceptors (Lipinski definition) is 5. The Morgan fingerprint density at radius 1 is 1.18 bits per heavy atom. The van der Waals surface area contributed by atoms with Gasteiger partial charge in [0, 0.05) is 44.2 Å². The van der Waals surface area contributed by atoms with Gasteiger partial charge in [0.2, 0.25) is 0 Å². The summed E-state index contributed by atoms with van der Waals surface area (Å²) in [5.74, 6) is -0.112. The summed E-state index contributed by atoms with van der Waals surface area (Å²) < 4.78 is 25.1. The van der Waals surface area contributed by atoms with Crippen molar-refractivity contribution in [1.82, 2.24) is 9.88 Å². The van der Waals surface area contributed by atoms with Crippen molar-refractivity contribution in [3.63, 3.8) is 0 Å². The minimum absolute atomic E-state index is 0.0209. The molecule has 1 N–H and O–H groups in total. The lowest BCUT2D eigenvalue weighted by molar-refractivity contribution is -0.181. The van der Waals surface area contributed by atoms with Crippen LogP contribution in [0.15, 0.2) is 42.6 Å². The number of pyridine rings is 1. The molecule has 2 fully saturated rings. The van der Waals surface area contributed by atoms with Crippen LogP contribution in [0.25, 0.3) is 0 Å². The fraction of sp³-hybridized carbons (Fsp3) is 0.429. The minimum atomic E-state index is -0.492. The molecule has 0 atom stereocenters. The van der Waals surface area contributed by atoms with E-state index in [1.54, 1.807) is 30.5 Å². The first-order valence-corrected chi connectivity index (χ1v) is 9.66. The van der Waals surface area contributed by atoms with Crippen LogP contribution < -0.4 is 5.32 Å². The minimum Gasteiger partial charge on any atom is -0.370 e. The van der Waals surface area contributed by atoms with Crippen LogP contribution in [0, 0.1) is 5.82 Å². The van der Waals surface area contributed by atoms with Crippen molar-refractivity contribution < 1.29 is 18.7 Å². The second-order valence-electron chi connectivity index (χ2n) is 7.10. The van der Waals surface area contributed by atoms with Gasteiger partial charge in [0.15, 0.2) is 5.79 Å². The number of rotatable bonds is 5. The molecule has 2 aromatic rings. The zero-order valence-electron chi connectivity index (χ0n) is 15.7. The molecule has 2 aliphatic rings. The van der Waals surface area contributed by atoms with Gasteiger partial charge >= 0.3 is 0 Å². The summed E-state index contributed by atoms with van der Waals surface area (Å²) in [4.78, 5) is 18.9. The molecule has 1 aromatic carbocycles. The van der Waals surface area contributed by atoms with E-state index in [-0.39, 0.29) is 11.7 Å². The second kappa shape index (κ2) is 8.24. The Hall–Kier alpha value is -2.51. The molecule has 1 spiro atoms. The molecule has 0 saturated carbocycles. The summed E-state index contributed by atoms with van der Waals surface area (Å²) in [6, 6.07) is 10.2. The van der Waals surface area contributed by atoms with Crippen LogP contribution in [0.4, 0.5) is 10.2 Å². The number of nitrogens with zero attached hydrogens (tertiary/aromatic N) is 2. The normalized spacial score (nSPS) is 18.4. The highest BCUT2D eigenvalue weighted by Crippen LogP contribution is 2.31. The topological polar surface area (TPSA) is 63.7 Å². The molecule has 1 amide bonds. The number of hydrogen-bond donors (Lipinski definition) is 1. The second-order valence-corrected chi connectivity index (χ2v) is 7.10. The average Bonchev–Trinajstić information content (AvgIpc) is 3.18. The zero-order valence-corrected chi connectivity index (χ0v) is 15.7. The van der Waals surface area contributed by atoms with Crippen LogP contribution in [0.3, 0.4) is 0 Å². The van der Waals surface area contributed by atoms with E-state index >= 15 is 0 Å². The first-order chi connectivity index (χ1) is 13.7. The van der Waals surface area contributed by atoms with Gasteiger partial charge in [0.25, 0.3) is 5.91 Å². The third kappa shape index (κ3) is 4.15. The Labute approximate surface area is 163 Å². The van der Waals surface area contributed by atoms with E-state index in [2.05, 4.69) is 10.3 Å². The van der Waals surface area contributed by atoms with Gasteiger partial charge in [-0.25, -0.2) is 9.37 Å². The van der Waals surface area contributed by atoms with E-state index < -0.39 is 5.79 Å². The monoisotopic (exact) mass is 385 g/mol. The third-order valence-electron chi connectivity index (χ3n) is 5.29. The summed E-state index contributed by atoms with van der Waals surface area (Å²) in [5.41, 5.74) is 1.24. The Bertz CT molecular complexity index is 829. The number of halogens is 1. The van der Waals surface area contributed by atoms with Crippen molar-refractivity contribution in [2.24, 2.45) is 0 Å². The first-order valence-electron chi connectivity index (χ1n) is 9.66. The molecule has 0 aliphatic carbocycles. The van der Waals surface area contributed by atoms with Gasteiger partial charge in [0.1, 0.15) is 11.6 Å². The number of aromatic nitrogens is 1. The van der Waals surface area contributed by atoms with Gasteiger partial charge in [-0.2, -0.15) is 0 Å². The van der Waals surface area contributed by atoms with Gasteiger partial charge < -0.3 is 19.7 Å². The number of carbonyl (C=O) groups is 1. The first kappa shape index (κ1) is 18.8. The number of carbonyl (C=O) groups excluding carboxylic acids is 1. The van der Waals surface area contributed by atoms with Crippen LogP contribution in [0.5, 0.6) is 0 Å². The molecule has 28 heavy (non-hydrogen) atoms. The van der Waals surface area contributed by atoms with Gasteiger partial charge in [-0.3, -0.25) is 4.79 Å². The lowest BCUT2D eigenvalue weighted by atomic mass is 10.0. The summed E-state index contributed by atoms with van der Waals surface area (Å²) >= 11 is 0. The lowest BCUT2D eigenvalue weighted by Gasteiger charge is -2.37. The molecule has 0 unspecified atom stereocenters. The van der Waals surface area contributed by atoms with Gasteiger partial charge in [-0.15, -0.1) is 0 Å². The predicted octanol–water partition coefficient (Wildman–Crippen LogP) is 2.85. The number of piperidine rings is 1. The molecule has 1 aromatic heterocycles. The van der Waals surface area contributed by atoms with Gasteiger partial charge in [0.05, 0.1) is 13.2 Å². The number of nitrogens with one attached hydrogen (secondary N) is 1. The van der Waals surface area contributed by atoms with Crippen molar-refractivity contribution in [1.29, 1.82) is 0 Å². The third-order valence-corrected chi connectivity index (χ3v) is 5.29. The Balaban J connectivity index is 1.33. The Morgan fingerprint density at radius 2 is 1.93 bits per heavy atom. The zero-order chi connectivity index (χ0) is 19.4. The Kier molecular flexibility index (Phi) is 5.54. The van der Waals surface area contributed by atoms with Crippen molar-refractivity contribution in [3.8, 4) is 0 Å². The number of amides is 1. The molecule has 0 bridgehead atoms. The number of likely N-dealkylation sites (tertiary alicyclic amines) is 1. The highest BCUT2D eigenvalue weighted by molar-refractivity contribution is 5.94. The van der Waals surface area contributed by atoms with Crippen molar-refractivity contribution in [3.05, 3.63) is 59.5 Å². The lowest BCUT2D eigenvalue weighted by Crippen LogP contribution is -2.47. The van der Waals surface area contributed by atoms with Crippen molar-refractivity contribution in [2.75, 3.05) is 38.2 Å². The molecular formula is C21H24FN3O3. The standard InChI is InChI=1S/C21H24FN3O3/c22-18-4-2-1-3-16(18)5-9-23-19-15-17(6-10-24-19)20(26)25-11-7-21(8-12-25)27-13-14-28-21/h1-4,6,10,15H,5,7-9,11-14H2,(H,23,24). The molecule has 0 radical (unpaired) electrons. The fourth-order valence-electron chi connectivity index (χ4n) is 3.71. The number of benzene rings is 1. The van der Waals surface area contributed by atoms with E-state index in [1.165, 1.54) is 6.07 Å². The molecule has 2 aliphatic heterocycles. The highest BCUT2D eigenvalue weighted by atomic mass is 19.1. The van der Waals surface area contributed by atoms with Crippen LogP contribution >= 0.6 is 0 Å². The fourth-order valence-corrected chi connectivity index (χ4v) is 3.71. The molecule has 6 nitrogen and oxygen atoms in total. The van der Waals surface area contributed by atoms with Crippen LogP contribution in [-0.4, -0.2) is 54.4 Å². The molecular weight excluding hydrogens is 361 g/mol. The molecule has 3 heterocycles. The largest absolute Gasteiger partial charge is 0.370 e. The molecule has 7 heteroatoms. The molecule has 148 valence electrons. The van der Waals surface area contributed by atoms with Crippen molar-refractivity contribution in [2.45, 2.75) is 25.0 Å². The van der Waals surface area contributed by atoms with Crippen LogP contribution in [0.1, 0.15) is 28.8 Å². The quantitative estimate of drug-likeness (QED) is 0.858. The maximum atomic E-state index is 13.7. The van der Waals surface area contributed by atoms with Crippen LogP contribution in [-0.2, 0) is 15.9 Å². The maximum Gasteiger partial charge on any atom is 0.254 e. The molecule has 4 rings (SSSR count).